The van der Waals surface area contributed by atoms with Crippen LogP contribution in [0.1, 0.15) is 105 Å². The van der Waals surface area contributed by atoms with Gasteiger partial charge in [-0.3, -0.25) is 19.2 Å². The van der Waals surface area contributed by atoms with Crippen LogP contribution in [0.5, 0.6) is 11.5 Å². The highest BCUT2D eigenvalue weighted by Gasteiger charge is 2.36. The van der Waals surface area contributed by atoms with E-state index in [4.69, 9.17) is 19.9 Å². The summed E-state index contributed by atoms with van der Waals surface area (Å²) in [6.07, 6.45) is 2.40. The van der Waals surface area contributed by atoms with Gasteiger partial charge in [0.2, 0.25) is 0 Å². The lowest BCUT2D eigenvalue weighted by Gasteiger charge is -2.32. The van der Waals surface area contributed by atoms with Crippen molar-refractivity contribution >= 4 is 23.9 Å². The Hall–Kier alpha value is -2.94. The van der Waals surface area contributed by atoms with Gasteiger partial charge in [-0.1, -0.05) is 73.8 Å². The fourth-order valence-electron chi connectivity index (χ4n) is 4.16. The largest absolute Gasteiger partial charge is 0.480 e. The smallest absolute Gasteiger partial charge is 0.321 e. The van der Waals surface area contributed by atoms with Crippen LogP contribution in [0, 0.1) is 23.7 Å². The molecule has 0 amide bonds. The van der Waals surface area contributed by atoms with E-state index in [1.54, 1.807) is 19.9 Å². The predicted molar refractivity (Wildman–Crippen MR) is 153 cm³/mol. The number of hydrogen-bond donors (Lipinski definition) is 2. The Kier molecular flexibility index (Phi) is 14.9. The molecule has 0 spiro atoms. The molecule has 9 heteroatoms. The number of aliphatic carboxylic acids is 1. The number of carbonyl (C=O) groups excluding carboxylic acids is 3. The van der Waals surface area contributed by atoms with E-state index in [9.17, 15) is 24.3 Å². The first-order chi connectivity index (χ1) is 18.7. The molecule has 0 heterocycles. The molecule has 0 aliphatic carbocycles. The molecule has 0 saturated carbocycles. The van der Waals surface area contributed by atoms with E-state index in [1.165, 1.54) is 12.1 Å². The van der Waals surface area contributed by atoms with Gasteiger partial charge in [0, 0.05) is 31.1 Å². The van der Waals surface area contributed by atoms with E-state index in [0.717, 1.165) is 19.3 Å². The summed E-state index contributed by atoms with van der Waals surface area (Å²) in [5.41, 5.74) is 6.61. The number of hydrogen-bond acceptors (Lipinski definition) is 8. The zero-order chi connectivity index (χ0) is 30.6. The third kappa shape index (κ3) is 11.3. The lowest BCUT2D eigenvalue weighted by molar-refractivity contribution is -0.152. The topological polar surface area (TPSA) is 142 Å². The van der Waals surface area contributed by atoms with Crippen LogP contribution >= 0.6 is 0 Å². The van der Waals surface area contributed by atoms with E-state index in [0.29, 0.717) is 5.56 Å². The number of rotatable bonds is 17. The first-order valence-corrected chi connectivity index (χ1v) is 14.5. The van der Waals surface area contributed by atoms with Crippen molar-refractivity contribution in [3.8, 4) is 11.5 Å². The van der Waals surface area contributed by atoms with Gasteiger partial charge < -0.3 is 25.1 Å². The maximum atomic E-state index is 12.7. The summed E-state index contributed by atoms with van der Waals surface area (Å²) in [5, 5.41) is 9.81. The fraction of sp³-hybridized carbons (Fsp3) is 0.677. The summed E-state index contributed by atoms with van der Waals surface area (Å²) in [7, 11) is 0. The summed E-state index contributed by atoms with van der Waals surface area (Å²) in [6.45, 7) is 15.2. The quantitative estimate of drug-likeness (QED) is 0.176. The molecule has 226 valence electrons. The van der Waals surface area contributed by atoms with Crippen LogP contribution in [-0.4, -0.2) is 41.1 Å². The van der Waals surface area contributed by atoms with Crippen molar-refractivity contribution in [2.24, 2.45) is 29.4 Å². The van der Waals surface area contributed by atoms with Crippen LogP contribution in [-0.2, 0) is 23.9 Å². The molecule has 1 aromatic rings. The van der Waals surface area contributed by atoms with Gasteiger partial charge in [0.05, 0.1) is 0 Å². The molecular formula is C31H49NO8. The molecular weight excluding hydrogens is 514 g/mol. The molecule has 9 nitrogen and oxygen atoms in total. The van der Waals surface area contributed by atoms with Gasteiger partial charge >= 0.3 is 23.9 Å². The zero-order valence-corrected chi connectivity index (χ0v) is 25.4. The SMILES string of the molecule is CCC(C)CC(=O)Oc1ccc(C(C(C)C(C)OC(=O)CC(C)CC)[C@H](N)C(=O)O)cc1OC(=O)CC(C)CC. The molecule has 0 aromatic heterocycles. The van der Waals surface area contributed by atoms with Crippen LogP contribution in [0.4, 0.5) is 0 Å². The Morgan fingerprint density at radius 1 is 0.750 bits per heavy atom. The molecule has 0 fully saturated rings. The maximum Gasteiger partial charge on any atom is 0.321 e. The molecule has 40 heavy (non-hydrogen) atoms. The number of carbonyl (C=O) groups is 4. The van der Waals surface area contributed by atoms with Crippen molar-refractivity contribution in [2.75, 3.05) is 0 Å². The average Bonchev–Trinajstić information content (AvgIpc) is 2.89. The van der Waals surface area contributed by atoms with Crippen LogP contribution in [0.15, 0.2) is 18.2 Å². The summed E-state index contributed by atoms with van der Waals surface area (Å²) < 4.78 is 16.9. The van der Waals surface area contributed by atoms with Gasteiger partial charge in [-0.05, 0) is 42.4 Å². The first kappa shape index (κ1) is 35.1. The van der Waals surface area contributed by atoms with Gasteiger partial charge in [-0.2, -0.15) is 0 Å². The molecule has 0 aliphatic heterocycles. The van der Waals surface area contributed by atoms with Gasteiger partial charge in [0.25, 0.3) is 0 Å². The first-order valence-electron chi connectivity index (χ1n) is 14.5. The number of carboxylic acids is 1. The van der Waals surface area contributed by atoms with Crippen molar-refractivity contribution in [3.63, 3.8) is 0 Å². The standard InChI is InChI=1S/C31H49NO8/c1-9-18(4)14-26(33)38-22(8)21(7)29(30(32)31(36)37)23-12-13-24(39-27(34)15-19(5)10-2)25(17-23)40-28(35)16-20(6)11-3/h12-13,17-22,29-30H,9-11,14-16,32H2,1-8H3,(H,36,37)/t18?,19?,20?,21?,22?,29?,30-/m0/s1. The normalized spacial score (nSPS) is 16.5. The molecule has 0 bridgehead atoms. The second kappa shape index (κ2) is 17.0. The number of carboxylic acid groups (broad SMARTS) is 1. The number of nitrogens with two attached hydrogens (primary N) is 1. The van der Waals surface area contributed by atoms with Crippen molar-refractivity contribution in [1.29, 1.82) is 0 Å². The summed E-state index contributed by atoms with van der Waals surface area (Å²) in [6, 6.07) is 3.25. The summed E-state index contributed by atoms with van der Waals surface area (Å²) in [5.74, 6) is -3.41. The summed E-state index contributed by atoms with van der Waals surface area (Å²) >= 11 is 0. The Morgan fingerprint density at radius 3 is 1.65 bits per heavy atom. The zero-order valence-electron chi connectivity index (χ0n) is 25.4. The minimum Gasteiger partial charge on any atom is -0.480 e. The lowest BCUT2D eigenvalue weighted by atomic mass is 9.79. The van der Waals surface area contributed by atoms with Crippen LogP contribution in [0.25, 0.3) is 0 Å². The molecule has 6 unspecified atom stereocenters. The Morgan fingerprint density at radius 2 is 1.20 bits per heavy atom. The van der Waals surface area contributed by atoms with Crippen LogP contribution < -0.4 is 15.2 Å². The number of ether oxygens (including phenoxy) is 3. The predicted octanol–water partition coefficient (Wildman–Crippen LogP) is 5.87. The van der Waals surface area contributed by atoms with Gasteiger partial charge in [-0.15, -0.1) is 0 Å². The van der Waals surface area contributed by atoms with E-state index >= 15 is 0 Å². The molecule has 7 atom stereocenters. The highest BCUT2D eigenvalue weighted by atomic mass is 16.6. The third-order valence-corrected chi connectivity index (χ3v) is 7.73. The molecule has 0 saturated heterocycles. The maximum absolute atomic E-state index is 12.7. The van der Waals surface area contributed by atoms with Crippen LogP contribution in [0.2, 0.25) is 0 Å². The Labute approximate surface area is 239 Å². The van der Waals surface area contributed by atoms with E-state index in [-0.39, 0.29) is 54.5 Å². The Bertz CT molecular complexity index is 994. The number of benzene rings is 1. The monoisotopic (exact) mass is 563 g/mol. The molecule has 1 rings (SSSR count). The third-order valence-electron chi connectivity index (χ3n) is 7.73. The van der Waals surface area contributed by atoms with Gasteiger partial charge in [-0.25, -0.2) is 0 Å². The van der Waals surface area contributed by atoms with Crippen molar-refractivity contribution in [2.45, 2.75) is 112 Å². The average molecular weight is 564 g/mol. The minimum atomic E-state index is -1.34. The molecule has 3 N–H and O–H groups in total. The molecule has 0 radical (unpaired) electrons. The van der Waals surface area contributed by atoms with Gasteiger partial charge in [0.1, 0.15) is 12.1 Å². The number of esters is 3. The highest BCUT2D eigenvalue weighted by Crippen LogP contribution is 2.37. The fourth-order valence-corrected chi connectivity index (χ4v) is 4.16. The van der Waals surface area contributed by atoms with E-state index in [1.807, 2.05) is 41.5 Å². The van der Waals surface area contributed by atoms with Gasteiger partial charge in [0.15, 0.2) is 11.5 Å². The van der Waals surface area contributed by atoms with E-state index < -0.39 is 41.9 Å². The molecule has 0 aliphatic rings. The van der Waals surface area contributed by atoms with Crippen molar-refractivity contribution < 1.29 is 38.5 Å². The van der Waals surface area contributed by atoms with E-state index in [2.05, 4.69) is 0 Å². The van der Waals surface area contributed by atoms with Crippen molar-refractivity contribution in [3.05, 3.63) is 23.8 Å². The van der Waals surface area contributed by atoms with Crippen LogP contribution in [0.3, 0.4) is 0 Å². The van der Waals surface area contributed by atoms with Crippen molar-refractivity contribution in [1.82, 2.24) is 0 Å². The Balaban J connectivity index is 3.43. The second-order valence-electron chi connectivity index (χ2n) is 11.3. The second-order valence-corrected chi connectivity index (χ2v) is 11.3. The summed E-state index contributed by atoms with van der Waals surface area (Å²) in [4.78, 5) is 49.7. The molecule has 1 aromatic carbocycles. The lowest BCUT2D eigenvalue weighted by Crippen LogP contribution is -2.42. The highest BCUT2D eigenvalue weighted by molar-refractivity contribution is 5.77. The minimum absolute atomic E-state index is 0.0134.